The third-order valence-corrected chi connectivity index (χ3v) is 3.88. The number of hydrogen-bond acceptors (Lipinski definition) is 4. The third kappa shape index (κ3) is 5.23. The van der Waals surface area contributed by atoms with Gasteiger partial charge in [-0.2, -0.15) is 8.78 Å². The van der Waals surface area contributed by atoms with Crippen molar-refractivity contribution in [2.75, 3.05) is 5.32 Å². The highest BCUT2D eigenvalue weighted by Crippen LogP contribution is 2.22. The zero-order valence-corrected chi connectivity index (χ0v) is 14.7. The van der Waals surface area contributed by atoms with Gasteiger partial charge in [0.2, 0.25) is 0 Å². The van der Waals surface area contributed by atoms with Gasteiger partial charge in [0.15, 0.2) is 0 Å². The molecule has 0 fully saturated rings. The van der Waals surface area contributed by atoms with Crippen LogP contribution in [0.2, 0.25) is 0 Å². The second-order valence-corrected chi connectivity index (χ2v) is 5.90. The molecule has 0 bridgehead atoms. The second kappa shape index (κ2) is 8.90. The quantitative estimate of drug-likeness (QED) is 0.608. The van der Waals surface area contributed by atoms with Gasteiger partial charge in [0.1, 0.15) is 17.3 Å². The van der Waals surface area contributed by atoms with E-state index in [9.17, 15) is 18.7 Å². The van der Waals surface area contributed by atoms with Crippen LogP contribution in [0.5, 0.6) is 11.5 Å². The summed E-state index contributed by atoms with van der Waals surface area (Å²) in [5.41, 5.74) is 0.851. The smallest absolute Gasteiger partial charge is 0.387 e. The molecule has 0 saturated carbocycles. The molecule has 146 valence electrons. The van der Waals surface area contributed by atoms with Crippen LogP contribution < -0.4 is 10.1 Å². The number of hydrogen-bond donors (Lipinski definition) is 2. The van der Waals surface area contributed by atoms with Crippen LogP contribution in [0.1, 0.15) is 11.3 Å². The molecule has 0 aliphatic rings. The molecule has 3 aromatic rings. The number of nitrogens with one attached hydrogen (secondary N) is 1. The molecule has 8 heteroatoms. The second-order valence-electron chi connectivity index (χ2n) is 5.90. The highest BCUT2D eigenvalue weighted by atomic mass is 19.3. The summed E-state index contributed by atoms with van der Waals surface area (Å²) in [6, 6.07) is 15.3. The van der Waals surface area contributed by atoms with Gasteiger partial charge in [-0.1, -0.05) is 24.3 Å². The Balaban J connectivity index is 1.77. The summed E-state index contributed by atoms with van der Waals surface area (Å²) in [5.74, 6) is 0.554. The van der Waals surface area contributed by atoms with Gasteiger partial charge < -0.3 is 24.5 Å². The number of rotatable bonds is 7. The number of ether oxygens (including phenoxy) is 1. The van der Waals surface area contributed by atoms with Crippen molar-refractivity contribution in [3.05, 3.63) is 78.3 Å². The fraction of sp³-hybridized carbons (Fsp3) is 0.150. The Bertz CT molecular complexity index is 916. The number of aromatic hydroxyl groups is 1. The van der Waals surface area contributed by atoms with Gasteiger partial charge in [-0.25, -0.2) is 4.79 Å². The van der Waals surface area contributed by atoms with E-state index in [0.717, 1.165) is 0 Å². The fourth-order valence-electron chi connectivity index (χ4n) is 2.59. The maximum atomic E-state index is 12.8. The fourth-order valence-corrected chi connectivity index (χ4v) is 2.59. The number of nitrogens with zero attached hydrogens (tertiary/aromatic N) is 1. The van der Waals surface area contributed by atoms with Crippen molar-refractivity contribution in [3.63, 3.8) is 0 Å². The predicted molar refractivity (Wildman–Crippen MR) is 98.2 cm³/mol. The first-order chi connectivity index (χ1) is 13.5. The van der Waals surface area contributed by atoms with Crippen LogP contribution in [0.3, 0.4) is 0 Å². The molecule has 3 rings (SSSR count). The van der Waals surface area contributed by atoms with E-state index in [1.165, 1.54) is 35.4 Å². The highest BCUT2D eigenvalue weighted by molar-refractivity contribution is 5.89. The summed E-state index contributed by atoms with van der Waals surface area (Å²) in [6.07, 6.45) is 1.50. The van der Waals surface area contributed by atoms with Crippen molar-refractivity contribution in [1.82, 2.24) is 4.90 Å². The summed E-state index contributed by atoms with van der Waals surface area (Å²) in [4.78, 5) is 14.2. The Labute approximate surface area is 160 Å². The SMILES string of the molecule is O=C(Nc1cccc(OC(F)F)c1)N(Cc1ccco1)Cc1ccccc1O. The van der Waals surface area contributed by atoms with E-state index in [1.807, 2.05) is 0 Å². The number of amides is 2. The predicted octanol–water partition coefficient (Wildman–Crippen LogP) is 4.82. The molecule has 0 aliphatic carbocycles. The number of urea groups is 1. The monoisotopic (exact) mass is 388 g/mol. The lowest BCUT2D eigenvalue weighted by Gasteiger charge is -2.23. The Morgan fingerprint density at radius 2 is 1.93 bits per heavy atom. The van der Waals surface area contributed by atoms with Crippen LogP contribution in [-0.2, 0) is 13.1 Å². The van der Waals surface area contributed by atoms with Crippen molar-refractivity contribution in [1.29, 1.82) is 0 Å². The van der Waals surface area contributed by atoms with Gasteiger partial charge in [0.05, 0.1) is 19.4 Å². The van der Waals surface area contributed by atoms with Crippen molar-refractivity contribution < 1.29 is 27.8 Å². The number of halogens is 2. The number of anilines is 1. The van der Waals surface area contributed by atoms with Gasteiger partial charge >= 0.3 is 12.6 Å². The Kier molecular flexibility index (Phi) is 6.11. The van der Waals surface area contributed by atoms with E-state index in [4.69, 9.17) is 4.42 Å². The summed E-state index contributed by atoms with van der Waals surface area (Å²) >= 11 is 0. The minimum absolute atomic E-state index is 0.0621. The lowest BCUT2D eigenvalue weighted by atomic mass is 10.2. The Morgan fingerprint density at radius 1 is 1.11 bits per heavy atom. The molecule has 0 radical (unpaired) electrons. The molecule has 1 aromatic heterocycles. The molecular weight excluding hydrogens is 370 g/mol. The number of furan rings is 1. The number of phenolic OH excluding ortho intramolecular Hbond substituents is 1. The first-order valence-electron chi connectivity index (χ1n) is 8.41. The molecule has 28 heavy (non-hydrogen) atoms. The zero-order chi connectivity index (χ0) is 19.9. The Morgan fingerprint density at radius 3 is 2.64 bits per heavy atom. The normalized spacial score (nSPS) is 10.7. The standard InChI is InChI=1S/C20H18F2N2O4/c21-19(22)28-16-7-3-6-15(11-16)23-20(26)24(13-17-8-4-10-27-17)12-14-5-1-2-9-18(14)25/h1-11,19,25H,12-13H2,(H,23,26). The minimum Gasteiger partial charge on any atom is -0.508 e. The van der Waals surface area contributed by atoms with Crippen LogP contribution in [0.15, 0.2) is 71.3 Å². The number of phenols is 1. The van der Waals surface area contributed by atoms with Gasteiger partial charge in [-0.3, -0.25) is 0 Å². The van der Waals surface area contributed by atoms with Crippen molar-refractivity contribution in [3.8, 4) is 11.5 Å². The van der Waals surface area contributed by atoms with Crippen LogP contribution in [0, 0.1) is 0 Å². The van der Waals surface area contributed by atoms with Crippen LogP contribution >= 0.6 is 0 Å². The average molecular weight is 388 g/mol. The van der Waals surface area contributed by atoms with Gasteiger partial charge in [-0.15, -0.1) is 0 Å². The molecule has 0 atom stereocenters. The Hall–Kier alpha value is -3.55. The van der Waals surface area contributed by atoms with E-state index in [0.29, 0.717) is 17.0 Å². The molecule has 0 spiro atoms. The number of alkyl halides is 2. The average Bonchev–Trinajstić information content (AvgIpc) is 3.16. The van der Waals surface area contributed by atoms with Gasteiger partial charge in [0.25, 0.3) is 0 Å². The first-order valence-corrected chi connectivity index (χ1v) is 8.41. The highest BCUT2D eigenvalue weighted by Gasteiger charge is 2.18. The molecule has 6 nitrogen and oxygen atoms in total. The molecule has 2 N–H and O–H groups in total. The van der Waals surface area contributed by atoms with Crippen molar-refractivity contribution >= 4 is 11.7 Å². The number of carbonyl (C=O) groups is 1. The zero-order valence-electron chi connectivity index (χ0n) is 14.7. The number of carbonyl (C=O) groups excluding carboxylic acids is 1. The van der Waals surface area contributed by atoms with Crippen LogP contribution in [-0.4, -0.2) is 22.6 Å². The lowest BCUT2D eigenvalue weighted by Crippen LogP contribution is -2.34. The number of para-hydroxylation sites is 1. The van der Waals surface area contributed by atoms with Gasteiger partial charge in [0, 0.05) is 17.3 Å². The third-order valence-electron chi connectivity index (χ3n) is 3.88. The lowest BCUT2D eigenvalue weighted by molar-refractivity contribution is -0.0498. The van der Waals surface area contributed by atoms with E-state index in [1.54, 1.807) is 36.4 Å². The number of benzene rings is 2. The molecule has 2 amide bonds. The van der Waals surface area contributed by atoms with Crippen LogP contribution in [0.4, 0.5) is 19.3 Å². The van der Waals surface area contributed by atoms with E-state index in [-0.39, 0.29) is 24.6 Å². The minimum atomic E-state index is -2.96. The summed E-state index contributed by atoms with van der Waals surface area (Å²) in [6.45, 7) is -2.69. The van der Waals surface area contributed by atoms with Crippen molar-refractivity contribution in [2.45, 2.75) is 19.7 Å². The summed E-state index contributed by atoms with van der Waals surface area (Å²) in [7, 11) is 0. The largest absolute Gasteiger partial charge is 0.508 e. The molecular formula is C20H18F2N2O4. The van der Waals surface area contributed by atoms with Gasteiger partial charge in [-0.05, 0) is 30.3 Å². The molecule has 2 aromatic carbocycles. The molecule has 1 heterocycles. The van der Waals surface area contributed by atoms with E-state index >= 15 is 0 Å². The van der Waals surface area contributed by atoms with E-state index in [2.05, 4.69) is 10.1 Å². The summed E-state index contributed by atoms with van der Waals surface area (Å²) in [5, 5.41) is 12.7. The van der Waals surface area contributed by atoms with Crippen LogP contribution in [0.25, 0.3) is 0 Å². The maximum Gasteiger partial charge on any atom is 0.387 e. The molecule has 0 aliphatic heterocycles. The summed E-state index contributed by atoms with van der Waals surface area (Å²) < 4.78 is 34.4. The molecule has 0 unspecified atom stereocenters. The first kappa shape index (κ1) is 19.2. The molecule has 0 saturated heterocycles. The van der Waals surface area contributed by atoms with E-state index < -0.39 is 12.6 Å². The maximum absolute atomic E-state index is 12.8. The topological polar surface area (TPSA) is 74.9 Å². The van der Waals surface area contributed by atoms with Crippen molar-refractivity contribution in [2.24, 2.45) is 0 Å².